The van der Waals surface area contributed by atoms with E-state index in [-0.39, 0.29) is 0 Å². The van der Waals surface area contributed by atoms with Crippen molar-refractivity contribution in [2.45, 2.75) is 46.7 Å². The molecule has 0 aliphatic heterocycles. The summed E-state index contributed by atoms with van der Waals surface area (Å²) in [4.78, 5) is 2.42. The first-order chi connectivity index (χ1) is 9.06. The molecular weight excluding hydrogens is 232 g/mol. The van der Waals surface area contributed by atoms with Crippen molar-refractivity contribution in [2.75, 3.05) is 20.1 Å². The van der Waals surface area contributed by atoms with Crippen LogP contribution in [0.1, 0.15) is 38.3 Å². The zero-order chi connectivity index (χ0) is 14.3. The van der Waals surface area contributed by atoms with E-state index in [1.54, 1.807) is 0 Å². The number of nitrogens with zero attached hydrogens (tertiary/aromatic N) is 1. The van der Waals surface area contributed by atoms with E-state index in [0.29, 0.717) is 6.04 Å². The Balaban J connectivity index is 2.54. The average Bonchev–Trinajstić information content (AvgIpc) is 2.37. The zero-order valence-corrected chi connectivity index (χ0v) is 13.2. The summed E-state index contributed by atoms with van der Waals surface area (Å²) < 4.78 is 0. The minimum Gasteiger partial charge on any atom is -0.313 e. The molecule has 0 bridgehead atoms. The van der Waals surface area contributed by atoms with Crippen molar-refractivity contribution < 1.29 is 0 Å². The van der Waals surface area contributed by atoms with Crippen molar-refractivity contribution >= 4 is 0 Å². The minimum absolute atomic E-state index is 0.588. The standard InChI is InChI=1S/C17H30N2/c1-6-15(4)17(18-7-2)13-19(5)12-16-10-8-9-14(3)11-16/h8-11,15,17-18H,6-7,12-13H2,1-5H3. The van der Waals surface area contributed by atoms with Crippen LogP contribution in [0.25, 0.3) is 0 Å². The van der Waals surface area contributed by atoms with Gasteiger partial charge in [0.15, 0.2) is 0 Å². The largest absolute Gasteiger partial charge is 0.313 e. The highest BCUT2D eigenvalue weighted by Crippen LogP contribution is 2.11. The van der Waals surface area contributed by atoms with E-state index in [4.69, 9.17) is 0 Å². The topological polar surface area (TPSA) is 15.3 Å². The van der Waals surface area contributed by atoms with Crippen LogP contribution in [0.3, 0.4) is 0 Å². The van der Waals surface area contributed by atoms with Crippen LogP contribution >= 0.6 is 0 Å². The Labute approximate surface area is 119 Å². The lowest BCUT2D eigenvalue weighted by molar-refractivity contribution is 0.240. The Morgan fingerprint density at radius 1 is 1.26 bits per heavy atom. The van der Waals surface area contributed by atoms with Gasteiger partial charge in [0.1, 0.15) is 0 Å². The summed E-state index contributed by atoms with van der Waals surface area (Å²) in [6.45, 7) is 12.1. The van der Waals surface area contributed by atoms with Gasteiger partial charge in [0, 0.05) is 19.1 Å². The highest BCUT2D eigenvalue weighted by atomic mass is 15.1. The third-order valence-corrected chi connectivity index (χ3v) is 3.84. The van der Waals surface area contributed by atoms with E-state index in [9.17, 15) is 0 Å². The van der Waals surface area contributed by atoms with Crippen LogP contribution in [0.2, 0.25) is 0 Å². The Morgan fingerprint density at radius 3 is 2.58 bits per heavy atom. The van der Waals surface area contributed by atoms with Gasteiger partial charge in [0.25, 0.3) is 0 Å². The average molecular weight is 262 g/mol. The predicted molar refractivity (Wildman–Crippen MR) is 84.4 cm³/mol. The fraction of sp³-hybridized carbons (Fsp3) is 0.647. The second kappa shape index (κ2) is 8.34. The summed E-state index contributed by atoms with van der Waals surface area (Å²) in [5.41, 5.74) is 2.75. The van der Waals surface area contributed by atoms with Gasteiger partial charge in [-0.25, -0.2) is 0 Å². The first kappa shape index (κ1) is 16.2. The van der Waals surface area contributed by atoms with Crippen LogP contribution in [-0.4, -0.2) is 31.1 Å². The SMILES string of the molecule is CCNC(CN(C)Cc1cccc(C)c1)C(C)CC. The summed E-state index contributed by atoms with van der Waals surface area (Å²) in [6, 6.07) is 9.39. The fourth-order valence-electron chi connectivity index (χ4n) is 2.51. The van der Waals surface area contributed by atoms with Crippen LogP contribution in [0.4, 0.5) is 0 Å². The van der Waals surface area contributed by atoms with Gasteiger partial charge in [0.2, 0.25) is 0 Å². The van der Waals surface area contributed by atoms with Crippen LogP contribution in [-0.2, 0) is 6.54 Å². The normalized spacial score (nSPS) is 14.6. The molecule has 0 spiro atoms. The predicted octanol–water partition coefficient (Wildman–Crippen LogP) is 3.45. The first-order valence-corrected chi connectivity index (χ1v) is 7.54. The van der Waals surface area contributed by atoms with Crippen LogP contribution in [0.5, 0.6) is 0 Å². The smallest absolute Gasteiger partial charge is 0.0231 e. The van der Waals surface area contributed by atoms with E-state index < -0.39 is 0 Å². The minimum atomic E-state index is 0.588. The molecule has 0 aliphatic carbocycles. The molecular formula is C17H30N2. The number of nitrogens with one attached hydrogen (secondary N) is 1. The maximum atomic E-state index is 3.62. The van der Waals surface area contributed by atoms with E-state index in [1.165, 1.54) is 17.5 Å². The number of benzene rings is 1. The third-order valence-electron chi connectivity index (χ3n) is 3.84. The molecule has 0 amide bonds. The summed E-state index contributed by atoms with van der Waals surface area (Å²) in [7, 11) is 2.22. The first-order valence-electron chi connectivity index (χ1n) is 7.54. The molecule has 2 unspecified atom stereocenters. The molecule has 1 aromatic rings. The number of aryl methyl sites for hydroxylation is 1. The summed E-state index contributed by atoms with van der Waals surface area (Å²) >= 11 is 0. The molecule has 2 atom stereocenters. The molecule has 2 heteroatoms. The Kier molecular flexibility index (Phi) is 7.11. The molecule has 1 N–H and O–H groups in total. The van der Waals surface area contributed by atoms with Crippen molar-refractivity contribution in [3.63, 3.8) is 0 Å². The highest BCUT2D eigenvalue weighted by molar-refractivity contribution is 5.22. The molecule has 0 fully saturated rings. The maximum Gasteiger partial charge on any atom is 0.0231 e. The molecule has 0 saturated heterocycles. The fourth-order valence-corrected chi connectivity index (χ4v) is 2.51. The van der Waals surface area contributed by atoms with E-state index in [1.807, 2.05) is 0 Å². The summed E-state index contributed by atoms with van der Waals surface area (Å²) in [5, 5.41) is 3.62. The molecule has 19 heavy (non-hydrogen) atoms. The molecule has 0 aliphatic rings. The van der Waals surface area contributed by atoms with E-state index >= 15 is 0 Å². The lowest BCUT2D eigenvalue weighted by Gasteiger charge is -2.29. The molecule has 0 aromatic heterocycles. The number of hydrogen-bond acceptors (Lipinski definition) is 2. The monoisotopic (exact) mass is 262 g/mol. The van der Waals surface area contributed by atoms with Gasteiger partial charge in [0.05, 0.1) is 0 Å². The zero-order valence-electron chi connectivity index (χ0n) is 13.2. The maximum absolute atomic E-state index is 3.62. The van der Waals surface area contributed by atoms with Gasteiger partial charge in [-0.05, 0) is 32.0 Å². The summed E-state index contributed by atoms with van der Waals surface area (Å²) in [5.74, 6) is 0.722. The highest BCUT2D eigenvalue weighted by Gasteiger charge is 2.16. The van der Waals surface area contributed by atoms with Crippen molar-refractivity contribution in [3.05, 3.63) is 35.4 Å². The number of hydrogen-bond donors (Lipinski definition) is 1. The molecule has 0 heterocycles. The molecule has 108 valence electrons. The molecule has 2 nitrogen and oxygen atoms in total. The van der Waals surface area contributed by atoms with Gasteiger partial charge < -0.3 is 10.2 Å². The molecule has 1 rings (SSSR count). The molecule has 0 saturated carbocycles. The second-order valence-corrected chi connectivity index (χ2v) is 5.74. The molecule has 1 aromatic carbocycles. The lowest BCUT2D eigenvalue weighted by atomic mass is 9.98. The van der Waals surface area contributed by atoms with Gasteiger partial charge in [-0.15, -0.1) is 0 Å². The van der Waals surface area contributed by atoms with Crippen LogP contribution in [0, 0.1) is 12.8 Å². The van der Waals surface area contributed by atoms with Crippen molar-refractivity contribution in [1.82, 2.24) is 10.2 Å². The van der Waals surface area contributed by atoms with Crippen molar-refractivity contribution in [2.24, 2.45) is 5.92 Å². The lowest BCUT2D eigenvalue weighted by Crippen LogP contribution is -2.43. The third kappa shape index (κ3) is 5.75. The quantitative estimate of drug-likeness (QED) is 0.772. The molecule has 0 radical (unpaired) electrons. The number of likely N-dealkylation sites (N-methyl/N-ethyl adjacent to an activating group) is 2. The Bertz CT molecular complexity index is 362. The van der Waals surface area contributed by atoms with Crippen molar-refractivity contribution in [3.8, 4) is 0 Å². The van der Waals surface area contributed by atoms with Crippen LogP contribution in [0.15, 0.2) is 24.3 Å². The van der Waals surface area contributed by atoms with Gasteiger partial charge >= 0.3 is 0 Å². The number of rotatable bonds is 8. The van der Waals surface area contributed by atoms with Gasteiger partial charge in [-0.2, -0.15) is 0 Å². The Morgan fingerprint density at radius 2 is 2.00 bits per heavy atom. The second-order valence-electron chi connectivity index (χ2n) is 5.74. The van der Waals surface area contributed by atoms with Gasteiger partial charge in [-0.3, -0.25) is 0 Å². The van der Waals surface area contributed by atoms with E-state index in [2.05, 4.69) is 69.2 Å². The van der Waals surface area contributed by atoms with Crippen LogP contribution < -0.4 is 5.32 Å². The van der Waals surface area contributed by atoms with Crippen molar-refractivity contribution in [1.29, 1.82) is 0 Å². The summed E-state index contributed by atoms with van der Waals surface area (Å²) in [6.07, 6.45) is 1.23. The van der Waals surface area contributed by atoms with Gasteiger partial charge in [-0.1, -0.05) is 57.0 Å². The van der Waals surface area contributed by atoms with E-state index in [0.717, 1.165) is 25.6 Å². The Hall–Kier alpha value is -0.860.